The Morgan fingerprint density at radius 3 is 3.00 bits per heavy atom. The quantitative estimate of drug-likeness (QED) is 0.656. The average molecular weight is 202 g/mol. The lowest BCUT2D eigenvalue weighted by Gasteiger charge is -2.27. The first-order chi connectivity index (χ1) is 7.38. The summed E-state index contributed by atoms with van der Waals surface area (Å²) in [6.07, 6.45) is 4.53. The van der Waals surface area contributed by atoms with Crippen molar-refractivity contribution >= 4 is 5.82 Å². The Morgan fingerprint density at radius 1 is 1.47 bits per heavy atom. The van der Waals surface area contributed by atoms with Gasteiger partial charge in [0.05, 0.1) is 18.8 Å². The molecule has 1 aromatic rings. The molecule has 3 heterocycles. The van der Waals surface area contributed by atoms with Crippen LogP contribution in [0.25, 0.3) is 0 Å². The molecule has 2 bridgehead atoms. The first-order valence-electron chi connectivity index (χ1n) is 4.98. The molecule has 0 aliphatic carbocycles. The van der Waals surface area contributed by atoms with Crippen LogP contribution in [0, 0.1) is 11.3 Å². The van der Waals surface area contributed by atoms with Crippen LogP contribution in [0.4, 0.5) is 5.82 Å². The van der Waals surface area contributed by atoms with Gasteiger partial charge in [-0.1, -0.05) is 0 Å². The third-order valence-corrected chi connectivity index (χ3v) is 2.96. The Morgan fingerprint density at radius 2 is 2.33 bits per heavy atom. The van der Waals surface area contributed by atoms with Crippen molar-refractivity contribution in [2.45, 2.75) is 18.6 Å². The first-order valence-corrected chi connectivity index (χ1v) is 4.98. The summed E-state index contributed by atoms with van der Waals surface area (Å²) in [7, 11) is 0. The van der Waals surface area contributed by atoms with Crippen molar-refractivity contribution in [3.8, 4) is 6.07 Å². The maximum atomic E-state index is 8.94. The third-order valence-electron chi connectivity index (χ3n) is 2.96. The maximum Gasteiger partial charge on any atom is 0.183 e. The van der Waals surface area contributed by atoms with Crippen LogP contribution in [0.3, 0.4) is 0 Å². The van der Waals surface area contributed by atoms with Gasteiger partial charge in [0.2, 0.25) is 0 Å². The SMILES string of the molecule is N#Cc1nccnc1N1C[C@H]2C[C@H]1CO2. The lowest BCUT2D eigenvalue weighted by Crippen LogP contribution is -2.38. The molecule has 0 aromatic carbocycles. The number of hydrogen-bond acceptors (Lipinski definition) is 5. The molecule has 2 aliphatic rings. The summed E-state index contributed by atoms with van der Waals surface area (Å²) in [5, 5.41) is 8.94. The molecule has 2 fully saturated rings. The van der Waals surface area contributed by atoms with Gasteiger partial charge in [-0.15, -0.1) is 0 Å². The molecule has 76 valence electrons. The van der Waals surface area contributed by atoms with Crippen molar-refractivity contribution in [3.63, 3.8) is 0 Å². The monoisotopic (exact) mass is 202 g/mol. The molecule has 0 radical (unpaired) electrons. The number of nitrogens with zero attached hydrogens (tertiary/aromatic N) is 4. The van der Waals surface area contributed by atoms with Crippen molar-refractivity contribution in [2.24, 2.45) is 0 Å². The minimum atomic E-state index is 0.309. The number of rotatable bonds is 1. The smallest absolute Gasteiger partial charge is 0.183 e. The van der Waals surface area contributed by atoms with Crippen LogP contribution in [0.5, 0.6) is 0 Å². The highest BCUT2D eigenvalue weighted by Gasteiger charge is 2.40. The van der Waals surface area contributed by atoms with Gasteiger partial charge in [-0.2, -0.15) is 5.26 Å². The van der Waals surface area contributed by atoms with E-state index < -0.39 is 0 Å². The molecular weight excluding hydrogens is 192 g/mol. The average Bonchev–Trinajstić information content (AvgIpc) is 2.90. The Labute approximate surface area is 87.3 Å². The predicted octanol–water partition coefficient (Wildman–Crippen LogP) is 0.326. The summed E-state index contributed by atoms with van der Waals surface area (Å²) in [4.78, 5) is 10.4. The van der Waals surface area contributed by atoms with Crippen LogP contribution in [0.1, 0.15) is 12.1 Å². The van der Waals surface area contributed by atoms with E-state index in [1.54, 1.807) is 12.4 Å². The van der Waals surface area contributed by atoms with E-state index in [1.807, 2.05) is 0 Å². The molecule has 0 saturated carbocycles. The highest BCUT2D eigenvalue weighted by Crippen LogP contribution is 2.32. The van der Waals surface area contributed by atoms with Crippen molar-refractivity contribution in [2.75, 3.05) is 18.1 Å². The number of nitriles is 1. The van der Waals surface area contributed by atoms with Gasteiger partial charge < -0.3 is 9.64 Å². The number of anilines is 1. The second-order valence-electron chi connectivity index (χ2n) is 3.84. The Hall–Kier alpha value is -1.67. The lowest BCUT2D eigenvalue weighted by atomic mass is 10.2. The molecule has 2 atom stereocenters. The van der Waals surface area contributed by atoms with Crippen molar-refractivity contribution in [3.05, 3.63) is 18.1 Å². The fraction of sp³-hybridized carbons (Fsp3) is 0.500. The molecule has 1 aromatic heterocycles. The maximum absolute atomic E-state index is 8.94. The topological polar surface area (TPSA) is 62.0 Å². The predicted molar refractivity (Wildman–Crippen MR) is 52.2 cm³/mol. The normalized spacial score (nSPS) is 28.1. The summed E-state index contributed by atoms with van der Waals surface area (Å²) in [5.74, 6) is 0.704. The zero-order chi connectivity index (χ0) is 10.3. The van der Waals surface area contributed by atoms with E-state index in [1.165, 1.54) is 0 Å². The van der Waals surface area contributed by atoms with Crippen molar-refractivity contribution < 1.29 is 4.74 Å². The van der Waals surface area contributed by atoms with Crippen LogP contribution in [0.2, 0.25) is 0 Å². The first kappa shape index (κ1) is 8.62. The molecule has 0 spiro atoms. The number of hydrogen-bond donors (Lipinski definition) is 0. The van der Waals surface area contributed by atoms with Crippen LogP contribution in [-0.2, 0) is 4.74 Å². The summed E-state index contributed by atoms with van der Waals surface area (Å²) in [5.41, 5.74) is 0.407. The van der Waals surface area contributed by atoms with E-state index in [0.29, 0.717) is 23.7 Å². The molecule has 5 nitrogen and oxygen atoms in total. The van der Waals surface area contributed by atoms with Crippen LogP contribution >= 0.6 is 0 Å². The number of aromatic nitrogens is 2. The molecule has 0 N–H and O–H groups in total. The largest absolute Gasteiger partial charge is 0.374 e. The van der Waals surface area contributed by atoms with E-state index in [4.69, 9.17) is 10.00 Å². The van der Waals surface area contributed by atoms with Gasteiger partial charge in [0.25, 0.3) is 0 Å². The molecule has 2 aliphatic heterocycles. The van der Waals surface area contributed by atoms with Gasteiger partial charge >= 0.3 is 0 Å². The van der Waals surface area contributed by atoms with Gasteiger partial charge in [0.15, 0.2) is 11.5 Å². The third kappa shape index (κ3) is 1.26. The minimum Gasteiger partial charge on any atom is -0.374 e. The Balaban J connectivity index is 1.97. The minimum absolute atomic E-state index is 0.309. The molecular formula is C10H10N4O. The van der Waals surface area contributed by atoms with Crippen LogP contribution < -0.4 is 4.90 Å². The zero-order valence-electron chi connectivity index (χ0n) is 8.13. The number of ether oxygens (including phenoxy) is 1. The summed E-state index contributed by atoms with van der Waals surface area (Å²) in [6.45, 7) is 1.57. The number of morpholine rings is 1. The lowest BCUT2D eigenvalue weighted by molar-refractivity contribution is 0.0988. The molecule has 5 heteroatoms. The van der Waals surface area contributed by atoms with E-state index in [2.05, 4.69) is 20.9 Å². The molecule has 15 heavy (non-hydrogen) atoms. The highest BCUT2D eigenvalue weighted by atomic mass is 16.5. The molecule has 0 unspecified atom stereocenters. The second-order valence-corrected chi connectivity index (χ2v) is 3.84. The number of fused-ring (bicyclic) bond motifs is 2. The summed E-state index contributed by atoms with van der Waals surface area (Å²) < 4.78 is 5.50. The van der Waals surface area contributed by atoms with Gasteiger partial charge in [-0.25, -0.2) is 9.97 Å². The van der Waals surface area contributed by atoms with Gasteiger partial charge in [-0.05, 0) is 6.42 Å². The summed E-state index contributed by atoms with van der Waals surface area (Å²) >= 11 is 0. The van der Waals surface area contributed by atoms with Crippen molar-refractivity contribution in [1.82, 2.24) is 9.97 Å². The van der Waals surface area contributed by atoms with Crippen LogP contribution in [-0.4, -0.2) is 35.3 Å². The molecule has 2 saturated heterocycles. The second kappa shape index (κ2) is 3.17. The van der Waals surface area contributed by atoms with Crippen LogP contribution in [0.15, 0.2) is 12.4 Å². The Bertz CT molecular complexity index is 428. The highest BCUT2D eigenvalue weighted by molar-refractivity contribution is 5.51. The molecule has 0 amide bonds. The fourth-order valence-electron chi connectivity index (χ4n) is 2.28. The van der Waals surface area contributed by atoms with E-state index in [9.17, 15) is 0 Å². The van der Waals surface area contributed by atoms with E-state index in [-0.39, 0.29) is 0 Å². The fourth-order valence-corrected chi connectivity index (χ4v) is 2.28. The van der Waals surface area contributed by atoms with Gasteiger partial charge in [0, 0.05) is 18.9 Å². The Kier molecular flexibility index (Phi) is 1.82. The van der Waals surface area contributed by atoms with E-state index >= 15 is 0 Å². The van der Waals surface area contributed by atoms with E-state index in [0.717, 1.165) is 19.6 Å². The summed E-state index contributed by atoms with van der Waals surface area (Å²) in [6, 6.07) is 2.45. The zero-order valence-corrected chi connectivity index (χ0v) is 8.13. The standard InChI is InChI=1S/C10H10N4O/c11-4-9-10(13-2-1-12-9)14-5-8-3-7(14)6-15-8/h1-2,7-8H,3,5-6H2/t7-,8+/m0/s1. The van der Waals surface area contributed by atoms with Gasteiger partial charge in [-0.3, -0.25) is 0 Å². The molecule has 3 rings (SSSR count). The van der Waals surface area contributed by atoms with Crippen molar-refractivity contribution in [1.29, 1.82) is 5.26 Å². The van der Waals surface area contributed by atoms with Gasteiger partial charge in [0.1, 0.15) is 6.07 Å².